The highest BCUT2D eigenvalue weighted by atomic mass is 32.2. The van der Waals surface area contributed by atoms with E-state index in [2.05, 4.69) is 47.0 Å². The zero-order valence-corrected chi connectivity index (χ0v) is 17.2. The first-order valence-electron chi connectivity index (χ1n) is 8.73. The van der Waals surface area contributed by atoms with E-state index in [9.17, 15) is 9.90 Å². The number of nitrogens with zero attached hydrogens (tertiary/aromatic N) is 1. The summed E-state index contributed by atoms with van der Waals surface area (Å²) >= 11 is 1.54. The van der Waals surface area contributed by atoms with Gasteiger partial charge >= 0.3 is 0 Å². The quantitative estimate of drug-likeness (QED) is 0.783. The van der Waals surface area contributed by atoms with E-state index in [-0.39, 0.29) is 16.7 Å². The summed E-state index contributed by atoms with van der Waals surface area (Å²) in [6.45, 7) is 15.2. The Labute approximate surface area is 155 Å². The summed E-state index contributed by atoms with van der Waals surface area (Å²) in [5.74, 6) is 0.992. The lowest BCUT2D eigenvalue weighted by Crippen LogP contribution is -2.38. The maximum atomic E-state index is 12.5. The van der Waals surface area contributed by atoms with Crippen molar-refractivity contribution in [3.63, 3.8) is 0 Å². The molecule has 1 heterocycles. The number of nitrogens with one attached hydrogen (secondary N) is 1. The normalized spacial score (nSPS) is 17.6. The van der Waals surface area contributed by atoms with Gasteiger partial charge in [0.25, 0.3) is 5.91 Å². The number of hydrogen-bond donors (Lipinski definition) is 2. The Morgan fingerprint density at radius 2 is 1.68 bits per heavy atom. The Bertz CT molecular complexity index is 662. The van der Waals surface area contributed by atoms with Gasteiger partial charge < -0.3 is 5.11 Å². The molecule has 0 spiro atoms. The van der Waals surface area contributed by atoms with Gasteiger partial charge in [0.1, 0.15) is 5.75 Å². The molecule has 25 heavy (non-hydrogen) atoms. The Morgan fingerprint density at radius 1 is 1.16 bits per heavy atom. The van der Waals surface area contributed by atoms with Crippen LogP contribution in [0.5, 0.6) is 5.75 Å². The van der Waals surface area contributed by atoms with Crippen LogP contribution >= 0.6 is 11.8 Å². The van der Waals surface area contributed by atoms with E-state index in [1.807, 2.05) is 25.1 Å². The molecule has 1 aromatic rings. The number of carbonyl (C=O) groups is 1. The number of phenols is 1. The fourth-order valence-corrected chi connectivity index (χ4v) is 3.76. The number of phenolic OH excluding ortho intramolecular Hbond substituents is 1. The van der Waals surface area contributed by atoms with Crippen LogP contribution in [0.3, 0.4) is 0 Å². The first-order chi connectivity index (χ1) is 11.4. The van der Waals surface area contributed by atoms with Crippen molar-refractivity contribution in [2.45, 2.75) is 59.3 Å². The summed E-state index contributed by atoms with van der Waals surface area (Å²) < 4.78 is 0. The molecular weight excluding hydrogens is 332 g/mol. The summed E-state index contributed by atoms with van der Waals surface area (Å²) in [5, 5.41) is 12.4. The average molecular weight is 363 g/mol. The van der Waals surface area contributed by atoms with E-state index < -0.39 is 0 Å². The van der Waals surface area contributed by atoms with Gasteiger partial charge in [-0.3, -0.25) is 9.80 Å². The van der Waals surface area contributed by atoms with E-state index in [4.69, 9.17) is 0 Å². The van der Waals surface area contributed by atoms with Crippen molar-refractivity contribution in [1.82, 2.24) is 10.4 Å². The van der Waals surface area contributed by atoms with Gasteiger partial charge in [-0.15, -0.1) is 0 Å². The Hall–Kier alpha value is -1.46. The topological polar surface area (TPSA) is 52.6 Å². The fraction of sp³-hybridized carbons (Fsp3) is 0.550. The molecular formula is C20H30N2O2S. The standard InChI is InChI=1S/C20H30N2O2S/c1-8-21-22-12-25-16(18(22)24)11-13-9-14(19(2,3)4)17(23)15(10-13)20(5,6)7/h9-11,21,23H,8,12H2,1-7H3. The summed E-state index contributed by atoms with van der Waals surface area (Å²) in [6.07, 6.45) is 1.94. The van der Waals surface area contributed by atoms with Crippen LogP contribution in [-0.4, -0.2) is 28.4 Å². The fourth-order valence-electron chi connectivity index (χ4n) is 2.83. The molecule has 1 saturated heterocycles. The van der Waals surface area contributed by atoms with Crippen molar-refractivity contribution in [3.05, 3.63) is 33.7 Å². The minimum atomic E-state index is -0.179. The SMILES string of the molecule is CCNN1CSC(=Cc2cc(C(C)(C)C)c(O)c(C(C)(C)C)c2)C1=O. The maximum Gasteiger partial charge on any atom is 0.275 e. The number of hydrazine groups is 1. The maximum absolute atomic E-state index is 12.5. The molecule has 1 aromatic carbocycles. The molecule has 0 unspecified atom stereocenters. The van der Waals surface area contributed by atoms with Gasteiger partial charge in [-0.25, -0.2) is 5.43 Å². The molecule has 0 atom stereocenters. The highest BCUT2D eigenvalue weighted by Crippen LogP contribution is 2.40. The third-order valence-corrected chi connectivity index (χ3v) is 5.19. The smallest absolute Gasteiger partial charge is 0.275 e. The van der Waals surface area contributed by atoms with E-state index in [1.165, 1.54) is 11.8 Å². The second-order valence-electron chi connectivity index (χ2n) is 8.49. The zero-order chi connectivity index (χ0) is 19.0. The zero-order valence-electron chi connectivity index (χ0n) is 16.4. The number of hydrogen-bond acceptors (Lipinski definition) is 4. The van der Waals surface area contributed by atoms with Crippen LogP contribution in [0.1, 0.15) is 65.2 Å². The molecule has 1 amide bonds. The average Bonchev–Trinajstić information content (AvgIpc) is 2.80. The van der Waals surface area contributed by atoms with Crippen molar-refractivity contribution >= 4 is 23.7 Å². The van der Waals surface area contributed by atoms with Gasteiger partial charge in [-0.05, 0) is 34.6 Å². The summed E-state index contributed by atoms with van der Waals surface area (Å²) in [7, 11) is 0. The van der Waals surface area contributed by atoms with Crippen LogP contribution in [0.4, 0.5) is 0 Å². The number of aromatic hydroxyl groups is 1. The largest absolute Gasteiger partial charge is 0.507 e. The lowest BCUT2D eigenvalue weighted by molar-refractivity contribution is -0.127. The molecule has 1 aliphatic rings. The number of carbonyl (C=O) groups excluding carboxylic acids is 1. The second kappa shape index (κ2) is 7.04. The van der Waals surface area contributed by atoms with Crippen LogP contribution in [0.15, 0.2) is 17.0 Å². The molecule has 0 radical (unpaired) electrons. The molecule has 0 aliphatic carbocycles. The molecule has 5 heteroatoms. The summed E-state index contributed by atoms with van der Waals surface area (Å²) in [5.41, 5.74) is 5.49. The van der Waals surface area contributed by atoms with Gasteiger partial charge in [0.15, 0.2) is 0 Å². The Kier molecular flexibility index (Phi) is 5.59. The molecule has 4 nitrogen and oxygen atoms in total. The molecule has 138 valence electrons. The Morgan fingerprint density at radius 3 is 2.12 bits per heavy atom. The second-order valence-corrected chi connectivity index (χ2v) is 9.48. The lowest BCUT2D eigenvalue weighted by Gasteiger charge is -2.28. The van der Waals surface area contributed by atoms with Crippen molar-refractivity contribution in [1.29, 1.82) is 0 Å². The predicted octanol–water partition coefficient (Wildman–Crippen LogP) is 4.39. The predicted molar refractivity (Wildman–Crippen MR) is 106 cm³/mol. The minimum absolute atomic E-state index is 0.00884. The van der Waals surface area contributed by atoms with Gasteiger partial charge in [0.2, 0.25) is 0 Å². The van der Waals surface area contributed by atoms with Gasteiger partial charge in [-0.2, -0.15) is 0 Å². The van der Waals surface area contributed by atoms with Crippen LogP contribution in [0.25, 0.3) is 6.08 Å². The van der Waals surface area contributed by atoms with Crippen LogP contribution < -0.4 is 5.43 Å². The van der Waals surface area contributed by atoms with E-state index in [0.29, 0.717) is 11.6 Å². The van der Waals surface area contributed by atoms with Crippen LogP contribution in [0, 0.1) is 0 Å². The van der Waals surface area contributed by atoms with Gasteiger partial charge in [0, 0.05) is 17.7 Å². The highest BCUT2D eigenvalue weighted by molar-refractivity contribution is 8.04. The van der Waals surface area contributed by atoms with Crippen molar-refractivity contribution < 1.29 is 9.90 Å². The first kappa shape index (κ1) is 19.9. The number of amides is 1. The molecule has 0 saturated carbocycles. The number of rotatable bonds is 3. The van der Waals surface area contributed by atoms with Crippen LogP contribution in [0.2, 0.25) is 0 Å². The number of thioether (sulfide) groups is 1. The highest BCUT2D eigenvalue weighted by Gasteiger charge is 2.29. The summed E-state index contributed by atoms with van der Waals surface area (Å²) in [6, 6.07) is 4.00. The molecule has 1 aliphatic heterocycles. The number of benzene rings is 1. The van der Waals surface area contributed by atoms with Gasteiger partial charge in [0.05, 0.1) is 10.8 Å². The van der Waals surface area contributed by atoms with E-state index >= 15 is 0 Å². The van der Waals surface area contributed by atoms with Crippen molar-refractivity contribution in [2.24, 2.45) is 0 Å². The van der Waals surface area contributed by atoms with Crippen molar-refractivity contribution in [2.75, 3.05) is 12.4 Å². The monoisotopic (exact) mass is 362 g/mol. The lowest BCUT2D eigenvalue weighted by atomic mass is 9.78. The summed E-state index contributed by atoms with van der Waals surface area (Å²) in [4.78, 5) is 13.2. The van der Waals surface area contributed by atoms with Crippen molar-refractivity contribution in [3.8, 4) is 5.75 Å². The molecule has 2 rings (SSSR count). The molecule has 0 aromatic heterocycles. The van der Waals surface area contributed by atoms with E-state index in [0.717, 1.165) is 28.1 Å². The van der Waals surface area contributed by atoms with Crippen LogP contribution in [-0.2, 0) is 15.6 Å². The third-order valence-electron chi connectivity index (χ3n) is 4.20. The molecule has 2 N–H and O–H groups in total. The Balaban J connectivity index is 2.52. The van der Waals surface area contributed by atoms with Gasteiger partial charge in [-0.1, -0.05) is 60.2 Å². The van der Waals surface area contributed by atoms with E-state index in [1.54, 1.807) is 5.01 Å². The first-order valence-corrected chi connectivity index (χ1v) is 9.71. The minimum Gasteiger partial charge on any atom is -0.507 e. The molecule has 0 bridgehead atoms. The third kappa shape index (κ3) is 4.39. The molecule has 1 fully saturated rings.